The van der Waals surface area contributed by atoms with Crippen LogP contribution in [0.4, 0.5) is 18.4 Å². The van der Waals surface area contributed by atoms with E-state index < -0.39 is 48.6 Å². The Morgan fingerprint density at radius 3 is 2.50 bits per heavy atom. The van der Waals surface area contributed by atoms with E-state index in [4.69, 9.17) is 18.9 Å². The van der Waals surface area contributed by atoms with Crippen molar-refractivity contribution >= 4 is 12.2 Å². The van der Waals surface area contributed by atoms with E-state index in [0.717, 1.165) is 5.56 Å². The number of alkyl carbamates (subject to hydrolysis) is 1. The number of amides is 1. The van der Waals surface area contributed by atoms with Gasteiger partial charge in [-0.3, -0.25) is 4.90 Å². The first-order valence-corrected chi connectivity index (χ1v) is 11.8. The quantitative estimate of drug-likeness (QED) is 0.447. The first-order chi connectivity index (χ1) is 16.9. The molecule has 2 fully saturated rings. The topological polar surface area (TPSA) is 119 Å². The number of carbonyl (C=O) groups excluding carboxylic acids is 2. The third kappa shape index (κ3) is 7.90. The minimum absolute atomic E-state index is 0.0442. The monoisotopic (exact) mass is 515 g/mol. The lowest BCUT2D eigenvalue weighted by molar-refractivity contribution is -0.0730. The van der Waals surface area contributed by atoms with Crippen LogP contribution in [0.15, 0.2) is 24.3 Å². The molecule has 0 radical (unpaired) electrons. The highest BCUT2D eigenvalue weighted by atomic mass is 19.3. The summed E-state index contributed by atoms with van der Waals surface area (Å²) in [7, 11) is 1.58. The van der Waals surface area contributed by atoms with E-state index in [1.54, 1.807) is 27.9 Å². The fraction of sp³-hybridized carbons (Fsp3) is 0.667. The second kappa shape index (κ2) is 11.6. The molecule has 1 aromatic carbocycles. The van der Waals surface area contributed by atoms with E-state index in [1.165, 1.54) is 4.90 Å². The lowest BCUT2D eigenvalue weighted by Gasteiger charge is -2.26. The Bertz CT molecular complexity index is 895. The van der Waals surface area contributed by atoms with Crippen LogP contribution in [0.25, 0.3) is 0 Å². The van der Waals surface area contributed by atoms with E-state index in [1.807, 2.05) is 24.3 Å². The fourth-order valence-electron chi connectivity index (χ4n) is 4.13. The molecule has 0 aromatic heterocycles. The number of aliphatic hydroxyl groups excluding tert-OH is 1. The van der Waals surface area contributed by atoms with Crippen molar-refractivity contribution in [2.45, 2.75) is 63.1 Å². The van der Waals surface area contributed by atoms with Gasteiger partial charge >= 0.3 is 12.2 Å². The highest BCUT2D eigenvalue weighted by molar-refractivity contribution is 5.67. The molecule has 10 nitrogen and oxygen atoms in total. The van der Waals surface area contributed by atoms with Crippen molar-refractivity contribution in [2.75, 3.05) is 39.8 Å². The molecule has 2 heterocycles. The number of carbonyl (C=O) groups is 2. The minimum atomic E-state index is -3.17. The van der Waals surface area contributed by atoms with Crippen molar-refractivity contribution < 1.29 is 42.4 Å². The zero-order valence-electron chi connectivity index (χ0n) is 21.0. The lowest BCUT2D eigenvalue weighted by atomic mass is 10.0. The molecular formula is C24H35F2N3O7. The van der Waals surface area contributed by atoms with Gasteiger partial charge in [-0.05, 0) is 44.9 Å². The van der Waals surface area contributed by atoms with Gasteiger partial charge in [0.2, 0.25) is 0 Å². The number of rotatable bonds is 8. The van der Waals surface area contributed by atoms with Crippen LogP contribution in [0.2, 0.25) is 0 Å². The van der Waals surface area contributed by atoms with Gasteiger partial charge in [-0.1, -0.05) is 12.1 Å². The third-order valence-corrected chi connectivity index (χ3v) is 5.89. The summed E-state index contributed by atoms with van der Waals surface area (Å²) < 4.78 is 48.5. The SMILES string of the molecule is COc1ccc(C[C@H]2NC[C@H](OC(=O)OC(C)(C)C)[C@H]2OC(=O)NCCN2CC(O)C(F)(F)C2)cc1. The maximum Gasteiger partial charge on any atom is 0.509 e. The van der Waals surface area contributed by atoms with Gasteiger partial charge in [0.15, 0.2) is 12.2 Å². The minimum Gasteiger partial charge on any atom is -0.497 e. The molecule has 2 aliphatic rings. The molecule has 0 spiro atoms. The molecule has 4 atom stereocenters. The number of hydrogen-bond acceptors (Lipinski definition) is 9. The van der Waals surface area contributed by atoms with Crippen molar-refractivity contribution in [2.24, 2.45) is 0 Å². The average Bonchev–Trinajstić information content (AvgIpc) is 3.25. The van der Waals surface area contributed by atoms with Crippen molar-refractivity contribution in [1.29, 1.82) is 0 Å². The fourth-order valence-corrected chi connectivity index (χ4v) is 4.13. The summed E-state index contributed by atoms with van der Waals surface area (Å²) in [4.78, 5) is 26.2. The predicted octanol–water partition coefficient (Wildman–Crippen LogP) is 1.94. The first-order valence-electron chi connectivity index (χ1n) is 11.8. The molecular weight excluding hydrogens is 480 g/mol. The number of alkyl halides is 2. The van der Waals surface area contributed by atoms with Crippen molar-refractivity contribution in [3.05, 3.63) is 29.8 Å². The Hall–Kier alpha value is -2.70. The van der Waals surface area contributed by atoms with Crippen LogP contribution in [0.5, 0.6) is 5.75 Å². The highest BCUT2D eigenvalue weighted by Crippen LogP contribution is 2.27. The van der Waals surface area contributed by atoms with E-state index in [2.05, 4.69) is 10.6 Å². The Labute approximate surface area is 209 Å². The van der Waals surface area contributed by atoms with Crippen LogP contribution in [0.3, 0.4) is 0 Å². The molecule has 2 aliphatic heterocycles. The van der Waals surface area contributed by atoms with Crippen molar-refractivity contribution in [3.8, 4) is 5.75 Å². The van der Waals surface area contributed by atoms with Gasteiger partial charge in [0.1, 0.15) is 17.5 Å². The molecule has 1 unspecified atom stereocenters. The summed E-state index contributed by atoms with van der Waals surface area (Å²) in [5, 5.41) is 15.2. The molecule has 1 amide bonds. The van der Waals surface area contributed by atoms with Crippen LogP contribution in [0, 0.1) is 0 Å². The zero-order valence-corrected chi connectivity index (χ0v) is 21.0. The molecule has 12 heteroatoms. The molecule has 0 aliphatic carbocycles. The van der Waals surface area contributed by atoms with Gasteiger partial charge in [-0.2, -0.15) is 0 Å². The molecule has 202 valence electrons. The van der Waals surface area contributed by atoms with Gasteiger partial charge in [0, 0.05) is 26.2 Å². The standard InChI is InChI=1S/C24H35F2N3O7/c1-23(2,3)36-22(32)34-18-12-28-17(11-15-5-7-16(33-4)8-6-15)20(18)35-21(31)27-9-10-29-13-19(30)24(25,26)14-29/h5-8,17-20,28,30H,9-14H2,1-4H3,(H,27,31)/t17-,18+,19?,20+/m1/s1. The van der Waals surface area contributed by atoms with Gasteiger partial charge in [-0.15, -0.1) is 0 Å². The van der Waals surface area contributed by atoms with Crippen LogP contribution < -0.4 is 15.4 Å². The number of nitrogens with zero attached hydrogens (tertiary/aromatic N) is 1. The van der Waals surface area contributed by atoms with Gasteiger partial charge in [-0.25, -0.2) is 18.4 Å². The molecule has 0 bridgehead atoms. The summed E-state index contributed by atoms with van der Waals surface area (Å²) >= 11 is 0. The Morgan fingerprint density at radius 2 is 1.92 bits per heavy atom. The maximum absolute atomic E-state index is 13.5. The normalized spacial score (nSPS) is 25.9. The number of benzene rings is 1. The number of hydrogen-bond donors (Lipinski definition) is 3. The Kier molecular flexibility index (Phi) is 8.96. The summed E-state index contributed by atoms with van der Waals surface area (Å²) in [6, 6.07) is 7.06. The summed E-state index contributed by atoms with van der Waals surface area (Å²) in [6.07, 6.45) is -4.50. The van der Waals surface area contributed by atoms with Crippen LogP contribution >= 0.6 is 0 Å². The van der Waals surface area contributed by atoms with Crippen LogP contribution in [-0.2, 0) is 20.6 Å². The number of nitrogens with one attached hydrogen (secondary N) is 2. The lowest BCUT2D eigenvalue weighted by Crippen LogP contribution is -2.44. The zero-order chi connectivity index (χ0) is 26.5. The number of methoxy groups -OCH3 is 1. The Balaban J connectivity index is 1.59. The Morgan fingerprint density at radius 1 is 1.22 bits per heavy atom. The number of ether oxygens (including phenoxy) is 4. The first kappa shape index (κ1) is 27.9. The number of halogens is 2. The average molecular weight is 516 g/mol. The predicted molar refractivity (Wildman–Crippen MR) is 125 cm³/mol. The molecule has 0 saturated carbocycles. The van der Waals surface area contributed by atoms with E-state index in [0.29, 0.717) is 12.2 Å². The molecule has 2 saturated heterocycles. The summed E-state index contributed by atoms with van der Waals surface area (Å²) in [5.74, 6) is -2.46. The number of β-amino-alcohol motifs (C(OH)–C–C–N with tert-alkyl or cyclic N) is 1. The van der Waals surface area contributed by atoms with E-state index >= 15 is 0 Å². The number of aliphatic hydroxyl groups is 1. The highest BCUT2D eigenvalue weighted by Gasteiger charge is 2.47. The smallest absolute Gasteiger partial charge is 0.497 e. The molecule has 36 heavy (non-hydrogen) atoms. The summed E-state index contributed by atoms with van der Waals surface area (Å²) in [6.45, 7) is 4.80. The van der Waals surface area contributed by atoms with E-state index in [-0.39, 0.29) is 32.2 Å². The van der Waals surface area contributed by atoms with Gasteiger partial charge in [0.25, 0.3) is 5.92 Å². The molecule has 3 N–H and O–H groups in total. The second-order valence-corrected chi connectivity index (χ2v) is 10.00. The van der Waals surface area contributed by atoms with Gasteiger partial charge < -0.3 is 34.7 Å². The van der Waals surface area contributed by atoms with Gasteiger partial charge in [0.05, 0.1) is 19.7 Å². The van der Waals surface area contributed by atoms with Crippen molar-refractivity contribution in [1.82, 2.24) is 15.5 Å². The van der Waals surface area contributed by atoms with E-state index in [9.17, 15) is 23.5 Å². The molecule has 1 aromatic rings. The van der Waals surface area contributed by atoms with Crippen molar-refractivity contribution in [3.63, 3.8) is 0 Å². The second-order valence-electron chi connectivity index (χ2n) is 10.00. The maximum atomic E-state index is 13.5. The summed E-state index contributed by atoms with van der Waals surface area (Å²) in [5.41, 5.74) is 0.202. The largest absolute Gasteiger partial charge is 0.509 e. The molecule has 3 rings (SSSR count). The third-order valence-electron chi connectivity index (χ3n) is 5.89. The van der Waals surface area contributed by atoms with Crippen LogP contribution in [0.1, 0.15) is 26.3 Å². The number of likely N-dealkylation sites (tertiary alicyclic amines) is 1. The van der Waals surface area contributed by atoms with Crippen LogP contribution in [-0.4, -0.2) is 98.0 Å².